The van der Waals surface area contributed by atoms with Crippen LogP contribution in [0.15, 0.2) is 24.3 Å². The molecule has 0 fully saturated rings. The van der Waals surface area contributed by atoms with E-state index in [2.05, 4.69) is 0 Å². The zero-order valence-corrected chi connectivity index (χ0v) is 10.4. The highest BCUT2D eigenvalue weighted by molar-refractivity contribution is 6.21. The topological polar surface area (TPSA) is 129 Å². The van der Waals surface area contributed by atoms with Crippen LogP contribution in [-0.2, 0) is 0 Å². The maximum Gasteiger partial charge on any atom is 0.337 e. The number of hydrogen-bond acceptors (Lipinski definition) is 4. The van der Waals surface area contributed by atoms with E-state index in [1.807, 2.05) is 0 Å². The standard InChI is InChI=1S/C14H8O7/c15-5-8-9(12(16)17)6-3-1-2-4-7(6)10(13(18)19)11(8)14(20)21/h1-5H,(H,16,17)(H,18,19)(H,20,21). The molecule has 7 heteroatoms. The van der Waals surface area contributed by atoms with Crippen molar-refractivity contribution in [2.75, 3.05) is 0 Å². The van der Waals surface area contributed by atoms with Gasteiger partial charge in [0.15, 0.2) is 6.29 Å². The lowest BCUT2D eigenvalue weighted by molar-refractivity contribution is 0.0649. The van der Waals surface area contributed by atoms with Gasteiger partial charge in [0.05, 0.1) is 16.7 Å². The van der Waals surface area contributed by atoms with Gasteiger partial charge in [0.1, 0.15) is 0 Å². The van der Waals surface area contributed by atoms with E-state index < -0.39 is 40.2 Å². The lowest BCUT2D eigenvalue weighted by Gasteiger charge is -2.13. The Labute approximate surface area is 117 Å². The number of hydrogen-bond donors (Lipinski definition) is 3. The van der Waals surface area contributed by atoms with Crippen molar-refractivity contribution in [2.24, 2.45) is 0 Å². The van der Waals surface area contributed by atoms with Crippen molar-refractivity contribution in [3.63, 3.8) is 0 Å². The van der Waals surface area contributed by atoms with Crippen molar-refractivity contribution >= 4 is 35.0 Å². The first kappa shape index (κ1) is 14.2. The average Bonchev–Trinajstić information content (AvgIpc) is 2.43. The highest BCUT2D eigenvalue weighted by atomic mass is 16.4. The van der Waals surface area contributed by atoms with Gasteiger partial charge in [-0.05, 0) is 10.8 Å². The van der Waals surface area contributed by atoms with E-state index in [0.29, 0.717) is 0 Å². The maximum atomic E-state index is 11.4. The molecule has 0 unspecified atom stereocenters. The van der Waals surface area contributed by atoms with Crippen LogP contribution in [0.3, 0.4) is 0 Å². The van der Waals surface area contributed by atoms with Crippen molar-refractivity contribution in [1.29, 1.82) is 0 Å². The van der Waals surface area contributed by atoms with Gasteiger partial charge < -0.3 is 15.3 Å². The fourth-order valence-corrected chi connectivity index (χ4v) is 2.25. The number of carbonyl (C=O) groups is 4. The molecule has 0 spiro atoms. The highest BCUT2D eigenvalue weighted by Crippen LogP contribution is 2.30. The van der Waals surface area contributed by atoms with Crippen molar-refractivity contribution in [1.82, 2.24) is 0 Å². The summed E-state index contributed by atoms with van der Waals surface area (Å²) >= 11 is 0. The fourth-order valence-electron chi connectivity index (χ4n) is 2.25. The van der Waals surface area contributed by atoms with Gasteiger partial charge in [0.25, 0.3) is 0 Å². The zero-order chi connectivity index (χ0) is 15.7. The molecule has 21 heavy (non-hydrogen) atoms. The Bertz CT molecular complexity index is 805. The summed E-state index contributed by atoms with van der Waals surface area (Å²) < 4.78 is 0. The molecule has 106 valence electrons. The normalized spacial score (nSPS) is 10.3. The van der Waals surface area contributed by atoms with Gasteiger partial charge in [-0.1, -0.05) is 24.3 Å². The summed E-state index contributed by atoms with van der Waals surface area (Å²) in [6.07, 6.45) is 0.0474. The summed E-state index contributed by atoms with van der Waals surface area (Å²) in [7, 11) is 0. The molecule has 0 atom stereocenters. The van der Waals surface area contributed by atoms with E-state index in [0.717, 1.165) is 0 Å². The molecule has 0 saturated carbocycles. The van der Waals surface area contributed by atoms with Crippen LogP contribution in [0.5, 0.6) is 0 Å². The summed E-state index contributed by atoms with van der Waals surface area (Å²) in [5, 5.41) is 27.6. The van der Waals surface area contributed by atoms with Crippen molar-refractivity contribution in [3.05, 3.63) is 46.5 Å². The molecule has 0 saturated heterocycles. The summed E-state index contributed by atoms with van der Waals surface area (Å²) in [6.45, 7) is 0. The van der Waals surface area contributed by atoms with Gasteiger partial charge in [-0.15, -0.1) is 0 Å². The van der Waals surface area contributed by atoms with Crippen LogP contribution in [0.2, 0.25) is 0 Å². The molecular formula is C14H8O7. The Morgan fingerprint density at radius 1 is 0.762 bits per heavy atom. The zero-order valence-electron chi connectivity index (χ0n) is 10.4. The molecule has 2 aromatic carbocycles. The summed E-state index contributed by atoms with van der Waals surface area (Å²) in [4.78, 5) is 45.2. The number of aromatic carboxylic acids is 3. The van der Waals surface area contributed by atoms with E-state index in [1.165, 1.54) is 24.3 Å². The predicted octanol–water partition coefficient (Wildman–Crippen LogP) is 1.75. The Hall–Kier alpha value is -3.22. The molecule has 2 rings (SSSR count). The minimum absolute atomic E-state index is 0.00509. The number of fused-ring (bicyclic) bond motifs is 1. The molecule has 2 aromatic rings. The van der Waals surface area contributed by atoms with Crippen LogP contribution in [0.25, 0.3) is 10.8 Å². The third kappa shape index (κ3) is 2.10. The fraction of sp³-hybridized carbons (Fsp3) is 0. The monoisotopic (exact) mass is 288 g/mol. The Balaban J connectivity index is 3.21. The molecule has 0 radical (unpaired) electrons. The Morgan fingerprint density at radius 2 is 1.19 bits per heavy atom. The van der Waals surface area contributed by atoms with Crippen LogP contribution in [0.4, 0.5) is 0 Å². The molecule has 3 N–H and O–H groups in total. The SMILES string of the molecule is O=Cc1c(C(=O)O)c(C(=O)O)c2ccccc2c1C(=O)O. The second-order valence-corrected chi connectivity index (χ2v) is 4.12. The van der Waals surface area contributed by atoms with Crippen molar-refractivity contribution in [3.8, 4) is 0 Å². The molecule has 0 bridgehead atoms. The summed E-state index contributed by atoms with van der Waals surface area (Å²) in [6, 6.07) is 5.54. The van der Waals surface area contributed by atoms with Crippen LogP contribution in [0, 0.1) is 0 Å². The van der Waals surface area contributed by atoms with Crippen LogP contribution in [0.1, 0.15) is 41.4 Å². The highest BCUT2D eigenvalue weighted by Gasteiger charge is 2.29. The molecule has 0 aliphatic carbocycles. The number of carboxylic acid groups (broad SMARTS) is 3. The van der Waals surface area contributed by atoms with E-state index >= 15 is 0 Å². The summed E-state index contributed by atoms with van der Waals surface area (Å²) in [5.41, 5.74) is -2.62. The third-order valence-corrected chi connectivity index (χ3v) is 3.01. The smallest absolute Gasteiger partial charge is 0.337 e. The van der Waals surface area contributed by atoms with Crippen LogP contribution >= 0.6 is 0 Å². The molecule has 0 aliphatic rings. The number of carboxylic acids is 3. The third-order valence-electron chi connectivity index (χ3n) is 3.01. The summed E-state index contributed by atoms with van der Waals surface area (Å²) in [5.74, 6) is -4.74. The largest absolute Gasteiger partial charge is 0.478 e. The van der Waals surface area contributed by atoms with Gasteiger partial charge >= 0.3 is 17.9 Å². The quantitative estimate of drug-likeness (QED) is 0.730. The molecule has 7 nitrogen and oxygen atoms in total. The van der Waals surface area contributed by atoms with E-state index in [4.69, 9.17) is 0 Å². The number of benzene rings is 2. The van der Waals surface area contributed by atoms with Crippen LogP contribution < -0.4 is 0 Å². The lowest BCUT2D eigenvalue weighted by atomic mass is 9.89. The van der Waals surface area contributed by atoms with Gasteiger partial charge in [-0.2, -0.15) is 0 Å². The minimum Gasteiger partial charge on any atom is -0.478 e. The van der Waals surface area contributed by atoms with Crippen molar-refractivity contribution < 1.29 is 34.5 Å². The minimum atomic E-state index is -1.68. The second kappa shape index (κ2) is 5.04. The molecule has 0 amide bonds. The molecule has 0 heterocycles. The first-order valence-corrected chi connectivity index (χ1v) is 5.63. The predicted molar refractivity (Wildman–Crippen MR) is 70.2 cm³/mol. The Kier molecular flexibility index (Phi) is 3.41. The first-order chi connectivity index (χ1) is 9.90. The average molecular weight is 288 g/mol. The van der Waals surface area contributed by atoms with Crippen molar-refractivity contribution in [2.45, 2.75) is 0 Å². The van der Waals surface area contributed by atoms with E-state index in [-0.39, 0.29) is 17.1 Å². The van der Waals surface area contributed by atoms with E-state index in [9.17, 15) is 34.5 Å². The maximum absolute atomic E-state index is 11.4. The molecule has 0 aliphatic heterocycles. The lowest BCUT2D eigenvalue weighted by Crippen LogP contribution is -2.17. The van der Waals surface area contributed by atoms with Crippen LogP contribution in [-0.4, -0.2) is 39.5 Å². The number of rotatable bonds is 4. The van der Waals surface area contributed by atoms with Gasteiger partial charge in [0.2, 0.25) is 0 Å². The second-order valence-electron chi connectivity index (χ2n) is 4.12. The molecule has 0 aromatic heterocycles. The Morgan fingerprint density at radius 3 is 1.57 bits per heavy atom. The number of carbonyl (C=O) groups excluding carboxylic acids is 1. The van der Waals surface area contributed by atoms with Gasteiger partial charge in [-0.25, -0.2) is 14.4 Å². The molecular weight excluding hydrogens is 280 g/mol. The van der Waals surface area contributed by atoms with Gasteiger partial charge in [0, 0.05) is 5.56 Å². The number of aldehydes is 1. The first-order valence-electron chi connectivity index (χ1n) is 5.63. The van der Waals surface area contributed by atoms with E-state index in [1.54, 1.807) is 0 Å². The van der Waals surface area contributed by atoms with Gasteiger partial charge in [-0.3, -0.25) is 4.79 Å².